The number of rotatable bonds is 3. The highest BCUT2D eigenvalue weighted by Crippen LogP contribution is 2.29. The highest BCUT2D eigenvalue weighted by molar-refractivity contribution is 5.66. The first-order chi connectivity index (χ1) is 8.53. The molecule has 0 aromatic carbocycles. The van der Waals surface area contributed by atoms with E-state index in [4.69, 9.17) is 9.84 Å². The second-order valence-corrected chi connectivity index (χ2v) is 4.61. The molecule has 1 unspecified atom stereocenters. The van der Waals surface area contributed by atoms with Gasteiger partial charge in [0.05, 0.1) is 5.54 Å². The molecular formula is C12H15FN2O3. The summed E-state index contributed by atoms with van der Waals surface area (Å²) in [6, 6.07) is 2.73. The van der Waals surface area contributed by atoms with E-state index in [1.807, 2.05) is 0 Å². The molecule has 1 fully saturated rings. The molecule has 0 spiro atoms. The Hall–Kier alpha value is -1.85. The topological polar surface area (TPSA) is 62.7 Å². The number of pyridine rings is 1. The summed E-state index contributed by atoms with van der Waals surface area (Å²) in [4.78, 5) is 16.2. The largest absolute Gasteiger partial charge is 0.473 e. The third-order valence-corrected chi connectivity index (χ3v) is 3.22. The molecule has 5 nitrogen and oxygen atoms in total. The van der Waals surface area contributed by atoms with Crippen molar-refractivity contribution < 1.29 is 19.0 Å². The Morgan fingerprint density at radius 2 is 2.50 bits per heavy atom. The molecule has 2 heterocycles. The van der Waals surface area contributed by atoms with Crippen LogP contribution in [0.25, 0.3) is 0 Å². The van der Waals surface area contributed by atoms with E-state index in [1.54, 1.807) is 6.92 Å². The zero-order valence-electron chi connectivity index (χ0n) is 10.1. The maximum Gasteiger partial charge on any atom is 0.407 e. The van der Waals surface area contributed by atoms with E-state index >= 15 is 0 Å². The zero-order valence-corrected chi connectivity index (χ0v) is 10.1. The van der Waals surface area contributed by atoms with Crippen LogP contribution < -0.4 is 4.74 Å². The molecule has 1 atom stereocenters. The molecule has 0 bridgehead atoms. The molecule has 1 aromatic heterocycles. The van der Waals surface area contributed by atoms with Crippen LogP contribution in [0.2, 0.25) is 0 Å². The van der Waals surface area contributed by atoms with Gasteiger partial charge in [0.2, 0.25) is 5.88 Å². The number of halogens is 1. The van der Waals surface area contributed by atoms with Gasteiger partial charge in [-0.3, -0.25) is 4.90 Å². The first-order valence-electron chi connectivity index (χ1n) is 5.77. The van der Waals surface area contributed by atoms with Crippen LogP contribution >= 0.6 is 0 Å². The van der Waals surface area contributed by atoms with Gasteiger partial charge in [-0.1, -0.05) is 0 Å². The Labute approximate surface area is 104 Å². The molecular weight excluding hydrogens is 239 g/mol. The number of amides is 1. The van der Waals surface area contributed by atoms with Crippen molar-refractivity contribution in [2.75, 3.05) is 13.2 Å². The summed E-state index contributed by atoms with van der Waals surface area (Å²) in [5.41, 5.74) is -0.615. The minimum atomic E-state index is -0.972. The van der Waals surface area contributed by atoms with Gasteiger partial charge in [0.15, 0.2) is 5.82 Å². The fraction of sp³-hybridized carbons (Fsp3) is 0.500. The zero-order chi connectivity index (χ0) is 13.2. The van der Waals surface area contributed by atoms with Crippen LogP contribution in [-0.2, 0) is 0 Å². The minimum absolute atomic E-state index is 0.0871. The second-order valence-electron chi connectivity index (χ2n) is 4.61. The lowest BCUT2D eigenvalue weighted by molar-refractivity contribution is 0.0759. The average Bonchev–Trinajstić information content (AvgIpc) is 2.71. The van der Waals surface area contributed by atoms with E-state index in [9.17, 15) is 9.18 Å². The predicted octanol–water partition coefficient (Wildman–Crippen LogP) is 2.13. The summed E-state index contributed by atoms with van der Waals surface area (Å²) in [6.07, 6.45) is 1.95. The predicted molar refractivity (Wildman–Crippen MR) is 62.1 cm³/mol. The van der Waals surface area contributed by atoms with Gasteiger partial charge in [-0.2, -0.15) is 0 Å². The number of aromatic nitrogens is 1. The summed E-state index contributed by atoms with van der Waals surface area (Å²) in [5.74, 6) is -0.628. The van der Waals surface area contributed by atoms with Crippen molar-refractivity contribution in [1.82, 2.24) is 9.88 Å². The fourth-order valence-corrected chi connectivity index (χ4v) is 2.20. The first kappa shape index (κ1) is 12.6. The van der Waals surface area contributed by atoms with E-state index in [0.717, 1.165) is 6.42 Å². The SMILES string of the molecule is CC1(COc2ncccc2F)CCCN1C(=O)O. The maximum absolute atomic E-state index is 13.3. The van der Waals surface area contributed by atoms with Crippen LogP contribution in [0.1, 0.15) is 19.8 Å². The molecule has 1 N–H and O–H groups in total. The van der Waals surface area contributed by atoms with Crippen LogP contribution in [-0.4, -0.2) is 39.8 Å². The van der Waals surface area contributed by atoms with E-state index in [0.29, 0.717) is 13.0 Å². The maximum atomic E-state index is 13.3. The molecule has 18 heavy (non-hydrogen) atoms. The van der Waals surface area contributed by atoms with Crippen molar-refractivity contribution in [2.45, 2.75) is 25.3 Å². The smallest absolute Gasteiger partial charge is 0.407 e. The van der Waals surface area contributed by atoms with Crippen molar-refractivity contribution in [1.29, 1.82) is 0 Å². The molecule has 2 rings (SSSR count). The van der Waals surface area contributed by atoms with Crippen molar-refractivity contribution in [3.8, 4) is 5.88 Å². The molecule has 1 aromatic rings. The van der Waals surface area contributed by atoms with Crippen LogP contribution in [0.4, 0.5) is 9.18 Å². The van der Waals surface area contributed by atoms with Crippen molar-refractivity contribution in [3.63, 3.8) is 0 Å². The van der Waals surface area contributed by atoms with Crippen LogP contribution in [0, 0.1) is 5.82 Å². The van der Waals surface area contributed by atoms with E-state index < -0.39 is 17.4 Å². The monoisotopic (exact) mass is 254 g/mol. The molecule has 98 valence electrons. The standard InChI is InChI=1S/C12H15FN2O3/c1-12(5-3-7-15(12)11(16)17)8-18-10-9(13)4-2-6-14-10/h2,4,6H,3,5,7-8H2,1H3,(H,16,17). The quantitative estimate of drug-likeness (QED) is 0.897. The Balaban J connectivity index is 2.05. The first-order valence-corrected chi connectivity index (χ1v) is 5.77. The van der Waals surface area contributed by atoms with Gasteiger partial charge in [0, 0.05) is 12.7 Å². The van der Waals surface area contributed by atoms with Crippen molar-refractivity contribution >= 4 is 6.09 Å². The molecule has 1 aliphatic rings. The van der Waals surface area contributed by atoms with Crippen molar-refractivity contribution in [2.24, 2.45) is 0 Å². The molecule has 0 saturated carbocycles. The minimum Gasteiger partial charge on any atom is -0.473 e. The molecule has 0 radical (unpaired) electrons. The molecule has 1 aliphatic heterocycles. The molecule has 1 amide bonds. The lowest BCUT2D eigenvalue weighted by Gasteiger charge is -2.32. The van der Waals surface area contributed by atoms with Gasteiger partial charge in [-0.05, 0) is 31.9 Å². The number of hydrogen-bond donors (Lipinski definition) is 1. The average molecular weight is 254 g/mol. The van der Waals surface area contributed by atoms with Crippen LogP contribution in [0.3, 0.4) is 0 Å². The molecule has 0 aliphatic carbocycles. The number of hydrogen-bond acceptors (Lipinski definition) is 3. The van der Waals surface area contributed by atoms with E-state index in [2.05, 4.69) is 4.98 Å². The van der Waals surface area contributed by atoms with Gasteiger partial charge in [-0.15, -0.1) is 0 Å². The lowest BCUT2D eigenvalue weighted by Crippen LogP contribution is -2.48. The van der Waals surface area contributed by atoms with Gasteiger partial charge < -0.3 is 9.84 Å². The second kappa shape index (κ2) is 4.80. The summed E-state index contributed by atoms with van der Waals surface area (Å²) < 4.78 is 18.6. The Morgan fingerprint density at radius 3 is 3.17 bits per heavy atom. The number of carboxylic acid groups (broad SMARTS) is 1. The summed E-state index contributed by atoms with van der Waals surface area (Å²) >= 11 is 0. The highest BCUT2D eigenvalue weighted by Gasteiger charge is 2.40. The van der Waals surface area contributed by atoms with Crippen LogP contribution in [0.15, 0.2) is 18.3 Å². The summed E-state index contributed by atoms with van der Waals surface area (Å²) in [5, 5.41) is 9.08. The van der Waals surface area contributed by atoms with E-state index in [1.165, 1.54) is 23.2 Å². The van der Waals surface area contributed by atoms with Crippen LogP contribution in [0.5, 0.6) is 5.88 Å². The Morgan fingerprint density at radius 1 is 1.72 bits per heavy atom. The lowest BCUT2D eigenvalue weighted by atomic mass is 10.0. The van der Waals surface area contributed by atoms with Gasteiger partial charge in [0.1, 0.15) is 6.61 Å². The third-order valence-electron chi connectivity index (χ3n) is 3.22. The summed E-state index contributed by atoms with van der Waals surface area (Å²) in [7, 11) is 0. The Kier molecular flexibility index (Phi) is 3.36. The number of nitrogens with zero attached hydrogens (tertiary/aromatic N) is 2. The summed E-state index contributed by atoms with van der Waals surface area (Å²) in [6.45, 7) is 2.39. The molecule has 6 heteroatoms. The normalized spacial score (nSPS) is 23.1. The molecule has 1 saturated heterocycles. The third kappa shape index (κ3) is 2.37. The van der Waals surface area contributed by atoms with E-state index in [-0.39, 0.29) is 12.5 Å². The van der Waals surface area contributed by atoms with Crippen molar-refractivity contribution in [3.05, 3.63) is 24.1 Å². The Bertz CT molecular complexity index is 455. The van der Waals surface area contributed by atoms with Gasteiger partial charge >= 0.3 is 6.09 Å². The van der Waals surface area contributed by atoms with Gasteiger partial charge in [0.25, 0.3) is 0 Å². The van der Waals surface area contributed by atoms with Gasteiger partial charge in [-0.25, -0.2) is 14.2 Å². The number of carbonyl (C=O) groups is 1. The fourth-order valence-electron chi connectivity index (χ4n) is 2.20. The number of ether oxygens (including phenoxy) is 1. The highest BCUT2D eigenvalue weighted by atomic mass is 19.1. The number of likely N-dealkylation sites (tertiary alicyclic amines) is 1.